The van der Waals surface area contributed by atoms with E-state index >= 15 is 0 Å². The maximum atomic E-state index is 5.48. The number of rotatable bonds is 7. The lowest BCUT2D eigenvalue weighted by molar-refractivity contribution is -0.0423. The maximum Gasteiger partial charge on any atom is 0.0656 e. The highest BCUT2D eigenvalue weighted by Crippen LogP contribution is 2.28. The van der Waals surface area contributed by atoms with E-state index in [2.05, 4.69) is 20.8 Å². The molecule has 1 heteroatoms. The van der Waals surface area contributed by atoms with Crippen LogP contribution in [0.15, 0.2) is 0 Å². The van der Waals surface area contributed by atoms with E-state index in [9.17, 15) is 0 Å². The highest BCUT2D eigenvalue weighted by Gasteiger charge is 2.25. The number of ether oxygens (including phenoxy) is 1. The molecule has 1 heterocycles. The van der Waals surface area contributed by atoms with E-state index in [0.717, 1.165) is 12.5 Å². The van der Waals surface area contributed by atoms with Gasteiger partial charge in [0.1, 0.15) is 0 Å². The molecule has 0 bridgehead atoms. The molecule has 2 unspecified atom stereocenters. The predicted octanol–water partition coefficient (Wildman–Crippen LogP) is 3.98. The molecule has 0 aromatic rings. The Hall–Kier alpha value is -0.0400. The molecule has 83 valence electrons. The molecule has 1 nitrogen and oxygen atoms in total. The third-order valence-corrected chi connectivity index (χ3v) is 3.47. The highest BCUT2D eigenvalue weighted by molar-refractivity contribution is 4.96. The van der Waals surface area contributed by atoms with E-state index in [1.54, 1.807) is 5.92 Å². The van der Waals surface area contributed by atoms with Crippen LogP contribution in [0.25, 0.3) is 0 Å². The van der Waals surface area contributed by atoms with Gasteiger partial charge in [-0.05, 0) is 25.2 Å². The van der Waals surface area contributed by atoms with Crippen LogP contribution in [0.3, 0.4) is 0 Å². The van der Waals surface area contributed by atoms with Crippen molar-refractivity contribution in [2.75, 3.05) is 6.61 Å². The summed E-state index contributed by atoms with van der Waals surface area (Å²) < 4.78 is 5.48. The van der Waals surface area contributed by atoms with E-state index in [0.29, 0.717) is 6.10 Å². The van der Waals surface area contributed by atoms with Crippen LogP contribution in [0.5, 0.6) is 0 Å². The SMILES string of the molecule is CCCC(CC)CC[C](C)C1CCO1. The quantitative estimate of drug-likeness (QED) is 0.600. The zero-order chi connectivity index (χ0) is 10.4. The first-order chi connectivity index (χ1) is 6.77. The van der Waals surface area contributed by atoms with Crippen molar-refractivity contribution < 1.29 is 4.74 Å². The third kappa shape index (κ3) is 3.61. The van der Waals surface area contributed by atoms with Gasteiger partial charge in [0.25, 0.3) is 0 Å². The summed E-state index contributed by atoms with van der Waals surface area (Å²) >= 11 is 0. The lowest BCUT2D eigenvalue weighted by atomic mass is 9.87. The summed E-state index contributed by atoms with van der Waals surface area (Å²) in [5.41, 5.74) is 0. The Balaban J connectivity index is 2.10. The van der Waals surface area contributed by atoms with E-state index < -0.39 is 0 Å². The van der Waals surface area contributed by atoms with Crippen LogP contribution < -0.4 is 0 Å². The molecule has 1 aliphatic rings. The second kappa shape index (κ2) is 6.44. The van der Waals surface area contributed by atoms with Gasteiger partial charge in [0.05, 0.1) is 6.10 Å². The average molecular weight is 197 g/mol. The molecular formula is C13H25O. The first-order valence-electron chi connectivity index (χ1n) is 6.21. The molecule has 0 amide bonds. The Morgan fingerprint density at radius 1 is 1.36 bits per heavy atom. The Bertz CT molecular complexity index is 138. The summed E-state index contributed by atoms with van der Waals surface area (Å²) in [4.78, 5) is 0. The van der Waals surface area contributed by atoms with Gasteiger partial charge in [0.15, 0.2) is 0 Å². The maximum absolute atomic E-state index is 5.48. The summed E-state index contributed by atoms with van der Waals surface area (Å²) in [5.74, 6) is 2.51. The van der Waals surface area contributed by atoms with Crippen LogP contribution in [0.4, 0.5) is 0 Å². The fourth-order valence-electron chi connectivity index (χ4n) is 2.18. The summed E-state index contributed by atoms with van der Waals surface area (Å²) in [6.45, 7) is 7.85. The molecule has 0 N–H and O–H groups in total. The van der Waals surface area contributed by atoms with Crippen molar-refractivity contribution in [1.29, 1.82) is 0 Å². The van der Waals surface area contributed by atoms with Gasteiger partial charge < -0.3 is 4.74 Å². The zero-order valence-corrected chi connectivity index (χ0v) is 10.0. The molecular weight excluding hydrogens is 172 g/mol. The molecule has 1 saturated heterocycles. The van der Waals surface area contributed by atoms with Gasteiger partial charge in [-0.25, -0.2) is 0 Å². The van der Waals surface area contributed by atoms with Crippen LogP contribution in [-0.2, 0) is 4.74 Å². The van der Waals surface area contributed by atoms with Gasteiger partial charge in [-0.15, -0.1) is 0 Å². The Kier molecular flexibility index (Phi) is 5.54. The van der Waals surface area contributed by atoms with Crippen molar-refractivity contribution in [3.05, 3.63) is 5.92 Å². The lowest BCUT2D eigenvalue weighted by Crippen LogP contribution is -2.32. The Morgan fingerprint density at radius 2 is 2.07 bits per heavy atom. The normalized spacial score (nSPS) is 23.6. The van der Waals surface area contributed by atoms with Gasteiger partial charge in [-0.2, -0.15) is 0 Å². The Morgan fingerprint density at radius 3 is 2.50 bits per heavy atom. The smallest absolute Gasteiger partial charge is 0.0656 e. The molecule has 0 aromatic heterocycles. The van der Waals surface area contributed by atoms with Crippen LogP contribution in [0, 0.1) is 11.8 Å². The van der Waals surface area contributed by atoms with Crippen molar-refractivity contribution >= 4 is 0 Å². The van der Waals surface area contributed by atoms with Crippen LogP contribution in [-0.4, -0.2) is 12.7 Å². The molecule has 0 aliphatic carbocycles. The minimum atomic E-state index is 0.508. The molecule has 1 radical (unpaired) electrons. The van der Waals surface area contributed by atoms with E-state index in [4.69, 9.17) is 4.74 Å². The minimum absolute atomic E-state index is 0.508. The minimum Gasteiger partial charge on any atom is -0.377 e. The van der Waals surface area contributed by atoms with Crippen LogP contribution in [0.2, 0.25) is 0 Å². The van der Waals surface area contributed by atoms with Gasteiger partial charge in [-0.3, -0.25) is 0 Å². The molecule has 14 heavy (non-hydrogen) atoms. The van der Waals surface area contributed by atoms with Crippen LogP contribution in [0.1, 0.15) is 59.3 Å². The van der Waals surface area contributed by atoms with E-state index in [-0.39, 0.29) is 0 Å². The topological polar surface area (TPSA) is 9.23 Å². The number of hydrogen-bond donors (Lipinski definition) is 0. The fourth-order valence-corrected chi connectivity index (χ4v) is 2.18. The molecule has 0 spiro atoms. The molecule has 0 aromatic carbocycles. The molecule has 1 fully saturated rings. The van der Waals surface area contributed by atoms with Gasteiger partial charge in [0, 0.05) is 12.5 Å². The summed E-state index contributed by atoms with van der Waals surface area (Å²) in [7, 11) is 0. The first-order valence-corrected chi connectivity index (χ1v) is 6.21. The molecule has 1 aliphatic heterocycles. The molecule has 0 saturated carbocycles. The zero-order valence-electron chi connectivity index (χ0n) is 10.0. The van der Waals surface area contributed by atoms with Gasteiger partial charge in [0.2, 0.25) is 0 Å². The van der Waals surface area contributed by atoms with Crippen LogP contribution >= 0.6 is 0 Å². The highest BCUT2D eigenvalue weighted by atomic mass is 16.5. The fraction of sp³-hybridized carbons (Fsp3) is 0.923. The van der Waals surface area contributed by atoms with Crippen molar-refractivity contribution in [1.82, 2.24) is 0 Å². The van der Waals surface area contributed by atoms with Crippen molar-refractivity contribution in [2.24, 2.45) is 5.92 Å². The molecule has 2 atom stereocenters. The monoisotopic (exact) mass is 197 g/mol. The molecule has 1 rings (SSSR count). The third-order valence-electron chi connectivity index (χ3n) is 3.47. The van der Waals surface area contributed by atoms with Gasteiger partial charge >= 0.3 is 0 Å². The second-order valence-electron chi connectivity index (χ2n) is 4.60. The first kappa shape index (κ1) is 12.0. The van der Waals surface area contributed by atoms with Crippen molar-refractivity contribution in [3.63, 3.8) is 0 Å². The summed E-state index contributed by atoms with van der Waals surface area (Å²) in [6.07, 6.45) is 8.49. The van der Waals surface area contributed by atoms with Gasteiger partial charge in [-0.1, -0.05) is 40.0 Å². The largest absolute Gasteiger partial charge is 0.377 e. The van der Waals surface area contributed by atoms with Crippen molar-refractivity contribution in [3.8, 4) is 0 Å². The van der Waals surface area contributed by atoms with E-state index in [1.807, 2.05) is 0 Å². The number of hydrogen-bond acceptors (Lipinski definition) is 1. The summed E-state index contributed by atoms with van der Waals surface area (Å²) in [5, 5.41) is 0. The summed E-state index contributed by atoms with van der Waals surface area (Å²) in [6, 6.07) is 0. The average Bonchev–Trinajstić information content (AvgIpc) is 2.09. The second-order valence-corrected chi connectivity index (χ2v) is 4.60. The Labute approximate surface area is 89.2 Å². The standard InChI is InChI=1S/C13H25O/c1-4-6-12(5-2)8-7-11(3)13-9-10-14-13/h12-13H,4-10H2,1-3H3. The van der Waals surface area contributed by atoms with Crippen molar-refractivity contribution in [2.45, 2.75) is 65.4 Å². The predicted molar refractivity (Wildman–Crippen MR) is 61.2 cm³/mol. The van der Waals surface area contributed by atoms with E-state index in [1.165, 1.54) is 38.5 Å². The lowest BCUT2D eigenvalue weighted by Gasteiger charge is -2.32.